The molecule has 2 aromatic rings. The second-order valence-electron chi connectivity index (χ2n) is 9.92. The Hall–Kier alpha value is -2.18. The SMILES string of the molecule is O=c1cccc2n1C[C@@H]1C[C@H]2CN(CCN2C[C@H]3C[C@@H](C2)c2cccc(=O)n2C3)C1. The Balaban J connectivity index is 1.12. The van der Waals surface area contributed by atoms with E-state index in [1.807, 2.05) is 21.3 Å². The molecule has 6 rings (SSSR count). The third-order valence-electron chi connectivity index (χ3n) is 7.84. The second kappa shape index (κ2) is 7.20. The van der Waals surface area contributed by atoms with Crippen molar-refractivity contribution in [3.63, 3.8) is 0 Å². The second-order valence-corrected chi connectivity index (χ2v) is 9.92. The van der Waals surface area contributed by atoms with E-state index < -0.39 is 0 Å². The average Bonchev–Trinajstić information content (AvgIpc) is 2.74. The molecule has 4 aliphatic rings. The van der Waals surface area contributed by atoms with E-state index in [0.29, 0.717) is 23.7 Å². The molecule has 4 atom stereocenters. The minimum absolute atomic E-state index is 0.162. The van der Waals surface area contributed by atoms with E-state index in [4.69, 9.17) is 0 Å². The number of hydrogen-bond acceptors (Lipinski definition) is 4. The van der Waals surface area contributed by atoms with Crippen LogP contribution in [0.15, 0.2) is 46.0 Å². The molecule has 0 saturated carbocycles. The van der Waals surface area contributed by atoms with Gasteiger partial charge in [-0.25, -0.2) is 0 Å². The Morgan fingerprint density at radius 3 is 1.57 bits per heavy atom. The highest BCUT2D eigenvalue weighted by Gasteiger charge is 2.36. The van der Waals surface area contributed by atoms with Crippen LogP contribution in [0.4, 0.5) is 0 Å². The average molecular weight is 407 g/mol. The summed E-state index contributed by atoms with van der Waals surface area (Å²) in [6.07, 6.45) is 2.44. The largest absolute Gasteiger partial charge is 0.312 e. The molecule has 0 aliphatic carbocycles. The molecule has 0 spiro atoms. The summed E-state index contributed by atoms with van der Waals surface area (Å²) in [4.78, 5) is 29.7. The van der Waals surface area contributed by atoms with Crippen molar-refractivity contribution in [2.45, 2.75) is 37.8 Å². The molecule has 2 aromatic heterocycles. The van der Waals surface area contributed by atoms with Crippen LogP contribution in [-0.4, -0.2) is 58.2 Å². The van der Waals surface area contributed by atoms with Gasteiger partial charge in [-0.1, -0.05) is 12.1 Å². The number of pyridine rings is 2. The van der Waals surface area contributed by atoms with Gasteiger partial charge in [0.25, 0.3) is 11.1 Å². The molecule has 6 heterocycles. The summed E-state index contributed by atoms with van der Waals surface area (Å²) in [5, 5.41) is 0. The van der Waals surface area contributed by atoms with E-state index in [1.54, 1.807) is 12.1 Å². The maximum Gasteiger partial charge on any atom is 0.250 e. The summed E-state index contributed by atoms with van der Waals surface area (Å²) in [6.45, 7) is 8.31. The van der Waals surface area contributed by atoms with Gasteiger partial charge in [-0.2, -0.15) is 0 Å². The first-order chi connectivity index (χ1) is 14.6. The zero-order valence-electron chi connectivity index (χ0n) is 17.4. The van der Waals surface area contributed by atoms with Gasteiger partial charge in [0.15, 0.2) is 0 Å². The van der Waals surface area contributed by atoms with Crippen LogP contribution in [0.25, 0.3) is 0 Å². The summed E-state index contributed by atoms with van der Waals surface area (Å²) in [6, 6.07) is 11.5. The van der Waals surface area contributed by atoms with Gasteiger partial charge in [0.1, 0.15) is 0 Å². The molecule has 30 heavy (non-hydrogen) atoms. The molecule has 6 heteroatoms. The fraction of sp³-hybridized carbons (Fsp3) is 0.583. The molecular weight excluding hydrogens is 376 g/mol. The summed E-state index contributed by atoms with van der Waals surface area (Å²) in [7, 11) is 0. The van der Waals surface area contributed by atoms with Crippen molar-refractivity contribution in [2.24, 2.45) is 11.8 Å². The number of rotatable bonds is 3. The van der Waals surface area contributed by atoms with Gasteiger partial charge >= 0.3 is 0 Å². The van der Waals surface area contributed by atoms with Crippen molar-refractivity contribution in [1.29, 1.82) is 0 Å². The summed E-state index contributed by atoms with van der Waals surface area (Å²) >= 11 is 0. The molecule has 0 radical (unpaired) electrons. The maximum absolute atomic E-state index is 12.2. The van der Waals surface area contributed by atoms with E-state index in [-0.39, 0.29) is 11.1 Å². The van der Waals surface area contributed by atoms with Crippen molar-refractivity contribution < 1.29 is 0 Å². The zero-order chi connectivity index (χ0) is 20.2. The lowest BCUT2D eigenvalue weighted by Crippen LogP contribution is -2.51. The molecule has 0 unspecified atom stereocenters. The van der Waals surface area contributed by atoms with Crippen LogP contribution >= 0.6 is 0 Å². The van der Waals surface area contributed by atoms with Gasteiger partial charge in [-0.05, 0) is 36.8 Å². The van der Waals surface area contributed by atoms with Gasteiger partial charge in [-0.15, -0.1) is 0 Å². The topological polar surface area (TPSA) is 50.5 Å². The summed E-state index contributed by atoms with van der Waals surface area (Å²) in [5.41, 5.74) is 2.79. The third kappa shape index (κ3) is 3.17. The quantitative estimate of drug-likeness (QED) is 0.776. The van der Waals surface area contributed by atoms with Gasteiger partial charge < -0.3 is 18.9 Å². The highest BCUT2D eigenvalue weighted by molar-refractivity contribution is 5.18. The van der Waals surface area contributed by atoms with Crippen LogP contribution in [0.2, 0.25) is 0 Å². The molecule has 4 bridgehead atoms. The summed E-state index contributed by atoms with van der Waals surface area (Å²) in [5.74, 6) is 2.17. The van der Waals surface area contributed by atoms with Gasteiger partial charge in [0.2, 0.25) is 0 Å². The predicted molar refractivity (Wildman–Crippen MR) is 116 cm³/mol. The molecule has 0 amide bonds. The molecule has 0 N–H and O–H groups in total. The zero-order valence-corrected chi connectivity index (χ0v) is 17.4. The minimum atomic E-state index is 0.162. The van der Waals surface area contributed by atoms with E-state index in [9.17, 15) is 9.59 Å². The van der Waals surface area contributed by atoms with E-state index >= 15 is 0 Å². The van der Waals surface area contributed by atoms with Crippen LogP contribution in [-0.2, 0) is 13.1 Å². The maximum atomic E-state index is 12.2. The van der Waals surface area contributed by atoms with E-state index in [1.165, 1.54) is 24.2 Å². The Bertz CT molecular complexity index is 988. The van der Waals surface area contributed by atoms with Crippen molar-refractivity contribution in [1.82, 2.24) is 18.9 Å². The number of nitrogens with zero attached hydrogens (tertiary/aromatic N) is 4. The van der Waals surface area contributed by atoms with Crippen molar-refractivity contribution in [3.05, 3.63) is 68.5 Å². The first-order valence-electron chi connectivity index (χ1n) is 11.5. The van der Waals surface area contributed by atoms with Crippen molar-refractivity contribution in [2.75, 3.05) is 39.3 Å². The Morgan fingerprint density at radius 1 is 0.633 bits per heavy atom. The molecule has 158 valence electrons. The summed E-state index contributed by atoms with van der Waals surface area (Å²) < 4.78 is 4.03. The monoisotopic (exact) mass is 406 g/mol. The Morgan fingerprint density at radius 2 is 1.10 bits per heavy atom. The number of fused-ring (bicyclic) bond motifs is 8. The predicted octanol–water partition coefficient (Wildman–Crippen LogP) is 1.55. The molecular formula is C24H30N4O2. The molecule has 0 aromatic carbocycles. The van der Waals surface area contributed by atoms with Crippen LogP contribution in [0.3, 0.4) is 0 Å². The van der Waals surface area contributed by atoms with Gasteiger partial charge in [0, 0.05) is 87.7 Å². The smallest absolute Gasteiger partial charge is 0.250 e. The van der Waals surface area contributed by atoms with Crippen molar-refractivity contribution in [3.8, 4) is 0 Å². The van der Waals surface area contributed by atoms with E-state index in [2.05, 4.69) is 21.9 Å². The Kier molecular flexibility index (Phi) is 4.46. The number of hydrogen-bond donors (Lipinski definition) is 0. The molecule has 2 saturated heterocycles. The number of piperidine rings is 2. The number of likely N-dealkylation sites (tertiary alicyclic amines) is 2. The van der Waals surface area contributed by atoms with Crippen molar-refractivity contribution >= 4 is 0 Å². The van der Waals surface area contributed by atoms with Crippen LogP contribution in [0.1, 0.15) is 36.1 Å². The molecule has 4 aliphatic heterocycles. The van der Waals surface area contributed by atoms with Gasteiger partial charge in [-0.3, -0.25) is 9.59 Å². The lowest BCUT2D eigenvalue weighted by Gasteiger charge is -2.45. The fourth-order valence-electron chi connectivity index (χ4n) is 6.64. The van der Waals surface area contributed by atoms with Crippen LogP contribution in [0, 0.1) is 11.8 Å². The lowest BCUT2D eigenvalue weighted by atomic mass is 9.82. The molecule has 2 fully saturated rings. The van der Waals surface area contributed by atoms with E-state index in [0.717, 1.165) is 52.4 Å². The lowest BCUT2D eigenvalue weighted by molar-refractivity contribution is 0.0793. The van der Waals surface area contributed by atoms with Gasteiger partial charge in [0.05, 0.1) is 0 Å². The molecule has 6 nitrogen and oxygen atoms in total. The number of aromatic nitrogens is 2. The standard InChI is InChI=1S/C24H30N4O2/c29-23-5-1-3-21-19-9-17(13-27(21)23)11-25(15-19)7-8-26-12-18-10-20(16-26)22-4-2-6-24(30)28(22)14-18/h1-6,17-20H,7-16H2/t17-,18-,19+,20+/m1/s1. The fourth-order valence-corrected chi connectivity index (χ4v) is 6.64. The minimum Gasteiger partial charge on any atom is -0.312 e. The first-order valence-corrected chi connectivity index (χ1v) is 11.5. The van der Waals surface area contributed by atoms with Crippen LogP contribution in [0.5, 0.6) is 0 Å². The Labute approximate surface area is 176 Å². The highest BCUT2D eigenvalue weighted by atomic mass is 16.1. The third-order valence-corrected chi connectivity index (χ3v) is 7.84. The normalized spacial score (nSPS) is 30.5. The first kappa shape index (κ1) is 18.6. The highest BCUT2D eigenvalue weighted by Crippen LogP contribution is 2.36. The van der Waals surface area contributed by atoms with Crippen LogP contribution < -0.4 is 11.1 Å².